The van der Waals surface area contributed by atoms with Crippen molar-refractivity contribution in [1.29, 1.82) is 0 Å². The molecular weight excluding hydrogens is 414 g/mol. The first-order valence-electron chi connectivity index (χ1n) is 7.78. The number of thioether (sulfide) groups is 1. The van der Waals surface area contributed by atoms with E-state index in [0.29, 0.717) is 5.16 Å². The van der Waals surface area contributed by atoms with Gasteiger partial charge in [-0.05, 0) is 17.7 Å². The standard InChI is InChI=1S/C18H16BrN5OS/c1-24-17(14-5-3-2-4-6-14)22-23-18(24)26-12-16(25)21-20-11-13-7-9-15(19)10-8-13/h2-11H,12H2,1H3,(H,21,25)/b20-11-. The second-order valence-electron chi connectivity index (χ2n) is 5.36. The van der Waals surface area contributed by atoms with Crippen LogP contribution in [0.2, 0.25) is 0 Å². The Morgan fingerprint density at radius 3 is 2.65 bits per heavy atom. The highest BCUT2D eigenvalue weighted by Crippen LogP contribution is 2.22. The van der Waals surface area contributed by atoms with Crippen LogP contribution in [0.25, 0.3) is 11.4 Å². The third-order valence-electron chi connectivity index (χ3n) is 3.47. The van der Waals surface area contributed by atoms with Crippen molar-refractivity contribution in [2.45, 2.75) is 5.16 Å². The zero-order chi connectivity index (χ0) is 18.4. The van der Waals surface area contributed by atoms with Gasteiger partial charge in [0, 0.05) is 17.1 Å². The van der Waals surface area contributed by atoms with E-state index in [-0.39, 0.29) is 11.7 Å². The maximum absolute atomic E-state index is 11.9. The number of hydrogen-bond acceptors (Lipinski definition) is 5. The van der Waals surface area contributed by atoms with Crippen molar-refractivity contribution in [2.75, 3.05) is 5.75 Å². The normalized spacial score (nSPS) is 11.0. The summed E-state index contributed by atoms with van der Waals surface area (Å²) in [5, 5.41) is 13.0. The number of rotatable bonds is 6. The maximum atomic E-state index is 11.9. The number of benzene rings is 2. The lowest BCUT2D eigenvalue weighted by molar-refractivity contribution is -0.118. The second kappa shape index (κ2) is 8.77. The van der Waals surface area contributed by atoms with Gasteiger partial charge in [-0.15, -0.1) is 10.2 Å². The van der Waals surface area contributed by atoms with Crippen molar-refractivity contribution in [3.05, 3.63) is 64.6 Å². The van der Waals surface area contributed by atoms with E-state index in [9.17, 15) is 4.79 Å². The fourth-order valence-corrected chi connectivity index (χ4v) is 3.14. The van der Waals surface area contributed by atoms with Gasteiger partial charge >= 0.3 is 0 Å². The van der Waals surface area contributed by atoms with Gasteiger partial charge in [0.05, 0.1) is 12.0 Å². The van der Waals surface area contributed by atoms with Gasteiger partial charge < -0.3 is 4.57 Å². The zero-order valence-corrected chi connectivity index (χ0v) is 16.4. The summed E-state index contributed by atoms with van der Waals surface area (Å²) in [6, 6.07) is 17.4. The molecule has 0 unspecified atom stereocenters. The number of hydrazone groups is 1. The molecule has 2 aromatic carbocycles. The van der Waals surface area contributed by atoms with E-state index in [4.69, 9.17) is 0 Å². The Hall–Kier alpha value is -2.45. The number of amides is 1. The first kappa shape index (κ1) is 18.3. The summed E-state index contributed by atoms with van der Waals surface area (Å²) in [7, 11) is 1.88. The minimum atomic E-state index is -0.201. The van der Waals surface area contributed by atoms with Crippen LogP contribution in [-0.4, -0.2) is 32.6 Å². The molecule has 1 aromatic heterocycles. The fourth-order valence-electron chi connectivity index (χ4n) is 2.17. The van der Waals surface area contributed by atoms with Crippen LogP contribution in [0.15, 0.2) is 69.3 Å². The number of carbonyl (C=O) groups excluding carboxylic acids is 1. The van der Waals surface area contributed by atoms with Gasteiger partial charge in [-0.3, -0.25) is 4.79 Å². The molecule has 0 radical (unpaired) electrons. The molecule has 3 aromatic rings. The Balaban J connectivity index is 1.53. The van der Waals surface area contributed by atoms with E-state index in [1.54, 1.807) is 6.21 Å². The fraction of sp³-hybridized carbons (Fsp3) is 0.111. The SMILES string of the molecule is Cn1c(SCC(=O)N/N=C\c2ccc(Br)cc2)nnc1-c1ccccc1. The highest BCUT2D eigenvalue weighted by Gasteiger charge is 2.12. The molecule has 8 heteroatoms. The Morgan fingerprint density at radius 1 is 1.19 bits per heavy atom. The molecule has 1 heterocycles. The zero-order valence-electron chi connectivity index (χ0n) is 14.0. The molecule has 6 nitrogen and oxygen atoms in total. The van der Waals surface area contributed by atoms with Gasteiger partial charge in [-0.25, -0.2) is 5.43 Å². The van der Waals surface area contributed by atoms with Crippen LogP contribution in [0.1, 0.15) is 5.56 Å². The van der Waals surface area contributed by atoms with Gasteiger partial charge in [0.15, 0.2) is 11.0 Å². The Bertz CT molecular complexity index is 909. The van der Waals surface area contributed by atoms with Gasteiger partial charge in [-0.1, -0.05) is 70.2 Å². The number of nitrogens with zero attached hydrogens (tertiary/aromatic N) is 4. The number of halogens is 1. The molecule has 1 N–H and O–H groups in total. The van der Waals surface area contributed by atoms with Crippen molar-refractivity contribution in [3.63, 3.8) is 0 Å². The summed E-state index contributed by atoms with van der Waals surface area (Å²) in [5.74, 6) is 0.771. The summed E-state index contributed by atoms with van der Waals surface area (Å²) in [6.45, 7) is 0. The molecule has 0 bridgehead atoms. The lowest BCUT2D eigenvalue weighted by atomic mass is 10.2. The van der Waals surface area contributed by atoms with Crippen LogP contribution in [0.5, 0.6) is 0 Å². The van der Waals surface area contributed by atoms with E-state index in [2.05, 4.69) is 36.7 Å². The Morgan fingerprint density at radius 2 is 1.92 bits per heavy atom. The molecule has 0 aliphatic rings. The molecule has 1 amide bonds. The quantitative estimate of drug-likeness (QED) is 0.369. The maximum Gasteiger partial charge on any atom is 0.250 e. The number of hydrogen-bond donors (Lipinski definition) is 1. The van der Waals surface area contributed by atoms with E-state index < -0.39 is 0 Å². The summed E-state index contributed by atoms with van der Waals surface area (Å²) >= 11 is 4.69. The van der Waals surface area contributed by atoms with E-state index in [1.165, 1.54) is 11.8 Å². The predicted octanol–water partition coefficient (Wildman–Crippen LogP) is 3.49. The molecule has 0 saturated carbocycles. The van der Waals surface area contributed by atoms with Gasteiger partial charge in [0.1, 0.15) is 0 Å². The Kier molecular flexibility index (Phi) is 6.19. The minimum absolute atomic E-state index is 0.201. The monoisotopic (exact) mass is 429 g/mol. The van der Waals surface area contributed by atoms with Gasteiger partial charge in [0.25, 0.3) is 5.91 Å². The summed E-state index contributed by atoms with van der Waals surface area (Å²) in [6.07, 6.45) is 1.60. The topological polar surface area (TPSA) is 72.2 Å². The van der Waals surface area contributed by atoms with Crippen LogP contribution in [-0.2, 0) is 11.8 Å². The van der Waals surface area contributed by atoms with E-state index in [1.807, 2.05) is 66.2 Å². The van der Waals surface area contributed by atoms with E-state index >= 15 is 0 Å². The average Bonchev–Trinajstić information content (AvgIpc) is 3.03. The number of aromatic nitrogens is 3. The van der Waals surface area contributed by atoms with Crippen LogP contribution in [0.4, 0.5) is 0 Å². The average molecular weight is 430 g/mol. The third-order valence-corrected chi connectivity index (χ3v) is 5.02. The minimum Gasteiger partial charge on any atom is -0.305 e. The van der Waals surface area contributed by atoms with Crippen LogP contribution < -0.4 is 5.43 Å². The highest BCUT2D eigenvalue weighted by atomic mass is 79.9. The largest absolute Gasteiger partial charge is 0.305 e. The lowest BCUT2D eigenvalue weighted by Gasteiger charge is -2.03. The smallest absolute Gasteiger partial charge is 0.250 e. The molecule has 0 aliphatic heterocycles. The van der Waals surface area contributed by atoms with Crippen molar-refractivity contribution < 1.29 is 4.79 Å². The first-order valence-corrected chi connectivity index (χ1v) is 9.56. The molecule has 3 rings (SSSR count). The molecule has 0 saturated heterocycles. The van der Waals surface area contributed by atoms with Crippen LogP contribution >= 0.6 is 27.7 Å². The van der Waals surface area contributed by atoms with Crippen molar-refractivity contribution in [1.82, 2.24) is 20.2 Å². The number of carbonyl (C=O) groups is 1. The van der Waals surface area contributed by atoms with Crippen LogP contribution in [0, 0.1) is 0 Å². The first-order chi connectivity index (χ1) is 12.6. The summed E-state index contributed by atoms with van der Waals surface area (Å²) in [5.41, 5.74) is 4.40. The third kappa shape index (κ3) is 4.80. The molecule has 132 valence electrons. The predicted molar refractivity (Wildman–Crippen MR) is 107 cm³/mol. The second-order valence-corrected chi connectivity index (χ2v) is 7.22. The van der Waals surface area contributed by atoms with Crippen LogP contribution in [0.3, 0.4) is 0 Å². The molecule has 0 spiro atoms. The lowest BCUT2D eigenvalue weighted by Crippen LogP contribution is -2.19. The number of nitrogens with one attached hydrogen (secondary N) is 1. The molecular formula is C18H16BrN5OS. The van der Waals surface area contributed by atoms with Crippen molar-refractivity contribution in [3.8, 4) is 11.4 Å². The molecule has 0 aliphatic carbocycles. The molecule has 26 heavy (non-hydrogen) atoms. The van der Waals surface area contributed by atoms with Crippen molar-refractivity contribution >= 4 is 39.8 Å². The Labute approximate surface area is 163 Å². The molecule has 0 fully saturated rings. The van der Waals surface area contributed by atoms with Crippen molar-refractivity contribution in [2.24, 2.45) is 12.1 Å². The summed E-state index contributed by atoms with van der Waals surface area (Å²) in [4.78, 5) is 11.9. The summed E-state index contributed by atoms with van der Waals surface area (Å²) < 4.78 is 2.87. The molecule has 0 atom stereocenters. The van der Waals surface area contributed by atoms with E-state index in [0.717, 1.165) is 21.4 Å². The van der Waals surface area contributed by atoms with Gasteiger partial charge in [0.2, 0.25) is 0 Å². The van der Waals surface area contributed by atoms with Gasteiger partial charge in [-0.2, -0.15) is 5.10 Å². The highest BCUT2D eigenvalue weighted by molar-refractivity contribution is 9.10.